The van der Waals surface area contributed by atoms with Gasteiger partial charge in [0.15, 0.2) is 11.5 Å². The lowest BCUT2D eigenvalue weighted by atomic mass is 9.82. The maximum Gasteiger partial charge on any atom is 0.514 e. The number of hydrogen-bond acceptors (Lipinski definition) is 11. The number of carboxylic acid groups (broad SMARTS) is 1. The van der Waals surface area contributed by atoms with Gasteiger partial charge in [0.05, 0.1) is 13.2 Å². The van der Waals surface area contributed by atoms with Crippen molar-refractivity contribution in [3.05, 3.63) is 23.8 Å². The van der Waals surface area contributed by atoms with Gasteiger partial charge < -0.3 is 39.3 Å². The van der Waals surface area contributed by atoms with Crippen LogP contribution in [0.1, 0.15) is 73.3 Å². The van der Waals surface area contributed by atoms with Crippen LogP contribution < -0.4 is 15.2 Å². The molecule has 1 aromatic carbocycles. The fourth-order valence-electron chi connectivity index (χ4n) is 3.19. The summed E-state index contributed by atoms with van der Waals surface area (Å²) in [5.41, 5.74) is 4.57. The molecule has 0 aromatic heterocycles. The molecule has 3 atom stereocenters. The molecule has 0 aliphatic rings. The van der Waals surface area contributed by atoms with Crippen molar-refractivity contribution < 1.29 is 52.7 Å². The molecule has 38 heavy (non-hydrogen) atoms. The van der Waals surface area contributed by atoms with Crippen LogP contribution in [0.2, 0.25) is 0 Å². The summed E-state index contributed by atoms with van der Waals surface area (Å²) in [7, 11) is 0. The van der Waals surface area contributed by atoms with Gasteiger partial charge in [-0.1, -0.05) is 19.9 Å². The first-order valence-electron chi connectivity index (χ1n) is 12.2. The Morgan fingerprint density at radius 1 is 0.868 bits per heavy atom. The molecule has 3 N–H and O–H groups in total. The minimum atomic E-state index is -1.42. The quantitative estimate of drug-likeness (QED) is 0.231. The van der Waals surface area contributed by atoms with Crippen molar-refractivity contribution in [1.82, 2.24) is 0 Å². The van der Waals surface area contributed by atoms with Crippen LogP contribution in [-0.2, 0) is 23.7 Å². The number of benzene rings is 1. The summed E-state index contributed by atoms with van der Waals surface area (Å²) in [6.07, 6.45) is -2.42. The molecule has 0 bridgehead atoms. The van der Waals surface area contributed by atoms with Gasteiger partial charge in [-0.05, 0) is 71.6 Å². The van der Waals surface area contributed by atoms with E-state index in [0.717, 1.165) is 0 Å². The standard InChI is InChI=1S/C26H39NO11/c1-9-12-33-22(30)34-14-15(2)19(20(27)21(28)29)16-10-11-17(35-23(31)37-25(3,4)5)18(13-16)36-24(32)38-26(6,7)8/h10-11,13,15,19-20H,9,12,14,27H2,1-8H3,(H,28,29)/t15?,19?,20-/m0/s1. The molecule has 0 saturated heterocycles. The first-order chi connectivity index (χ1) is 17.4. The highest BCUT2D eigenvalue weighted by atomic mass is 16.8. The Morgan fingerprint density at radius 2 is 1.39 bits per heavy atom. The topological polar surface area (TPSA) is 170 Å². The van der Waals surface area contributed by atoms with Crippen LogP contribution in [0, 0.1) is 5.92 Å². The molecule has 0 radical (unpaired) electrons. The molecule has 0 amide bonds. The highest BCUT2D eigenvalue weighted by Crippen LogP contribution is 2.36. The summed E-state index contributed by atoms with van der Waals surface area (Å²) in [6, 6.07) is 2.65. The largest absolute Gasteiger partial charge is 0.514 e. The van der Waals surface area contributed by atoms with Crippen molar-refractivity contribution >= 4 is 24.4 Å². The van der Waals surface area contributed by atoms with Gasteiger partial charge in [-0.25, -0.2) is 14.4 Å². The number of carbonyl (C=O) groups is 4. The van der Waals surface area contributed by atoms with E-state index in [9.17, 15) is 24.3 Å². The Bertz CT molecular complexity index is 978. The highest BCUT2D eigenvalue weighted by Gasteiger charge is 2.33. The molecule has 214 valence electrons. The molecule has 0 spiro atoms. The number of hydrogen-bond donors (Lipinski definition) is 2. The van der Waals surface area contributed by atoms with Gasteiger partial charge in [-0.3, -0.25) is 4.79 Å². The van der Waals surface area contributed by atoms with E-state index in [4.69, 9.17) is 34.2 Å². The van der Waals surface area contributed by atoms with Crippen molar-refractivity contribution in [2.75, 3.05) is 13.2 Å². The highest BCUT2D eigenvalue weighted by molar-refractivity contribution is 5.75. The maximum absolute atomic E-state index is 12.4. The number of nitrogens with two attached hydrogens (primary N) is 1. The van der Waals surface area contributed by atoms with E-state index in [0.29, 0.717) is 12.0 Å². The van der Waals surface area contributed by atoms with E-state index in [1.54, 1.807) is 48.5 Å². The van der Waals surface area contributed by atoms with Crippen LogP contribution in [0.15, 0.2) is 18.2 Å². The predicted octanol–water partition coefficient (Wildman–Crippen LogP) is 5.01. The second kappa shape index (κ2) is 13.8. The zero-order valence-electron chi connectivity index (χ0n) is 23.2. The molecule has 0 aliphatic heterocycles. The van der Waals surface area contributed by atoms with Crippen LogP contribution in [0.4, 0.5) is 14.4 Å². The Kier molecular flexibility index (Phi) is 11.8. The summed E-state index contributed by atoms with van der Waals surface area (Å²) in [5.74, 6) is -3.24. The molecule has 1 aromatic rings. The third-order valence-electron chi connectivity index (χ3n) is 4.69. The van der Waals surface area contributed by atoms with E-state index >= 15 is 0 Å². The lowest BCUT2D eigenvalue weighted by Gasteiger charge is -2.28. The lowest BCUT2D eigenvalue weighted by Crippen LogP contribution is -2.40. The summed E-state index contributed by atoms with van der Waals surface area (Å²) in [5, 5.41) is 9.63. The number of rotatable bonds is 10. The number of ether oxygens (including phenoxy) is 6. The smallest absolute Gasteiger partial charge is 0.480 e. The Balaban J connectivity index is 3.38. The fraction of sp³-hybridized carbons (Fsp3) is 0.615. The normalized spacial score (nSPS) is 13.9. The summed E-state index contributed by atoms with van der Waals surface area (Å²) >= 11 is 0. The molecular formula is C26H39NO11. The maximum atomic E-state index is 12.4. The van der Waals surface area contributed by atoms with Gasteiger partial charge in [0.25, 0.3) is 0 Å². The third-order valence-corrected chi connectivity index (χ3v) is 4.69. The van der Waals surface area contributed by atoms with E-state index in [1.807, 2.05) is 6.92 Å². The second-order valence-corrected chi connectivity index (χ2v) is 10.6. The second-order valence-electron chi connectivity index (χ2n) is 10.6. The van der Waals surface area contributed by atoms with Crippen molar-refractivity contribution in [1.29, 1.82) is 0 Å². The van der Waals surface area contributed by atoms with Crippen LogP contribution in [-0.4, -0.2) is 60.0 Å². The molecule has 0 saturated carbocycles. The molecule has 1 rings (SSSR count). The summed E-state index contributed by atoms with van der Waals surface area (Å²) in [4.78, 5) is 48.3. The van der Waals surface area contributed by atoms with E-state index < -0.39 is 53.5 Å². The Morgan fingerprint density at radius 3 is 1.87 bits per heavy atom. The van der Waals surface area contributed by atoms with E-state index in [2.05, 4.69) is 0 Å². The minimum absolute atomic E-state index is 0.176. The van der Waals surface area contributed by atoms with Crippen molar-refractivity contribution in [2.24, 2.45) is 11.7 Å². The number of carboxylic acids is 1. The van der Waals surface area contributed by atoms with Gasteiger partial charge in [-0.15, -0.1) is 0 Å². The summed E-state index contributed by atoms with van der Waals surface area (Å²) < 4.78 is 30.9. The number of carbonyl (C=O) groups excluding carboxylic acids is 3. The average Bonchev–Trinajstić information content (AvgIpc) is 2.75. The zero-order chi connectivity index (χ0) is 29.3. The van der Waals surface area contributed by atoms with Crippen LogP contribution in [0.3, 0.4) is 0 Å². The van der Waals surface area contributed by atoms with E-state index in [1.165, 1.54) is 18.2 Å². The predicted molar refractivity (Wildman–Crippen MR) is 135 cm³/mol. The molecule has 0 fully saturated rings. The average molecular weight is 542 g/mol. The number of aliphatic carboxylic acids is 1. The van der Waals surface area contributed by atoms with Gasteiger partial charge in [0.2, 0.25) is 0 Å². The Labute approximate surface area is 222 Å². The molecule has 12 heteroatoms. The SMILES string of the molecule is CCCOC(=O)OCC(C)C(c1ccc(OC(=O)OC(C)(C)C)c(OC(=O)OC(C)(C)C)c1)[C@H](N)C(=O)O. The zero-order valence-corrected chi connectivity index (χ0v) is 23.2. The Hall–Kier alpha value is -3.54. The first kappa shape index (κ1) is 32.5. The molecule has 0 aliphatic carbocycles. The van der Waals surface area contributed by atoms with Crippen molar-refractivity contribution in [2.45, 2.75) is 85.0 Å². The van der Waals surface area contributed by atoms with Crippen molar-refractivity contribution in [3.8, 4) is 11.5 Å². The van der Waals surface area contributed by atoms with Gasteiger partial charge in [0.1, 0.15) is 17.2 Å². The van der Waals surface area contributed by atoms with Crippen LogP contribution in [0.5, 0.6) is 11.5 Å². The van der Waals surface area contributed by atoms with Gasteiger partial charge in [-0.2, -0.15) is 0 Å². The lowest BCUT2D eigenvalue weighted by molar-refractivity contribution is -0.139. The fourth-order valence-corrected chi connectivity index (χ4v) is 3.19. The minimum Gasteiger partial charge on any atom is -0.480 e. The van der Waals surface area contributed by atoms with E-state index in [-0.39, 0.29) is 24.7 Å². The van der Waals surface area contributed by atoms with Gasteiger partial charge >= 0.3 is 24.4 Å². The monoisotopic (exact) mass is 541 g/mol. The molecule has 0 heterocycles. The van der Waals surface area contributed by atoms with Crippen LogP contribution in [0.25, 0.3) is 0 Å². The van der Waals surface area contributed by atoms with Crippen molar-refractivity contribution in [3.63, 3.8) is 0 Å². The molecule has 2 unspecified atom stereocenters. The summed E-state index contributed by atoms with van der Waals surface area (Å²) in [6.45, 7) is 13.3. The molecular weight excluding hydrogens is 502 g/mol. The van der Waals surface area contributed by atoms with Crippen LogP contribution >= 0.6 is 0 Å². The first-order valence-corrected chi connectivity index (χ1v) is 12.2. The molecule has 12 nitrogen and oxygen atoms in total. The third kappa shape index (κ3) is 11.7. The van der Waals surface area contributed by atoms with Gasteiger partial charge in [0, 0.05) is 5.92 Å².